The minimum absolute atomic E-state index is 0.545. The molecule has 10 aromatic carbocycles. The zero-order chi connectivity index (χ0) is 48.2. The first-order valence-electron chi connectivity index (χ1n) is 23.8. The molecule has 0 atom stereocenters. The van der Waals surface area contributed by atoms with Crippen LogP contribution in [-0.2, 0) is 0 Å². The van der Waals surface area contributed by atoms with Gasteiger partial charge in [0.05, 0.1) is 5.56 Å². The van der Waals surface area contributed by atoms with E-state index < -0.39 is 0 Å². The van der Waals surface area contributed by atoms with Crippen LogP contribution in [0.1, 0.15) is 5.56 Å². The summed E-state index contributed by atoms with van der Waals surface area (Å²) in [5.74, 6) is 3.43. The lowest BCUT2D eigenvalue weighted by Crippen LogP contribution is -2.01. The Bertz CT molecular complexity index is 3950. The highest BCUT2D eigenvalue weighted by molar-refractivity contribution is 6.02. The molecule has 0 unspecified atom stereocenters. The summed E-state index contributed by atoms with van der Waals surface area (Å²) in [5.41, 5.74) is 13.7. The number of hydrogen-bond acceptors (Lipinski definition) is 7. The van der Waals surface area contributed by atoms with E-state index in [-0.39, 0.29) is 0 Å². The van der Waals surface area contributed by atoms with Gasteiger partial charge in [-0.2, -0.15) is 5.26 Å². The van der Waals surface area contributed by atoms with E-state index in [2.05, 4.69) is 103 Å². The van der Waals surface area contributed by atoms with Crippen molar-refractivity contribution in [1.29, 1.82) is 5.26 Å². The predicted octanol–water partition coefficient (Wildman–Crippen LogP) is 15.8. The zero-order valence-corrected chi connectivity index (χ0v) is 38.8. The van der Waals surface area contributed by atoms with Crippen molar-refractivity contribution in [3.8, 4) is 119 Å². The van der Waals surface area contributed by atoms with E-state index in [9.17, 15) is 5.26 Å². The molecule has 2 heterocycles. The number of aromatic nitrogens is 6. The van der Waals surface area contributed by atoms with Gasteiger partial charge in [0.1, 0.15) is 6.07 Å². The van der Waals surface area contributed by atoms with Crippen LogP contribution in [0.2, 0.25) is 0 Å². The quantitative estimate of drug-likeness (QED) is 0.135. The lowest BCUT2D eigenvalue weighted by Gasteiger charge is -2.16. The van der Waals surface area contributed by atoms with Crippen LogP contribution in [-0.4, -0.2) is 29.9 Å². The lowest BCUT2D eigenvalue weighted by molar-refractivity contribution is 1.07. The summed E-state index contributed by atoms with van der Waals surface area (Å²) in [4.78, 5) is 30.5. The van der Waals surface area contributed by atoms with Crippen molar-refractivity contribution in [2.75, 3.05) is 0 Å². The Morgan fingerprint density at radius 1 is 0.250 bits per heavy atom. The molecular formula is C65H41N7. The van der Waals surface area contributed by atoms with Crippen molar-refractivity contribution in [2.45, 2.75) is 0 Å². The van der Waals surface area contributed by atoms with Crippen molar-refractivity contribution < 1.29 is 0 Å². The Morgan fingerprint density at radius 2 is 0.556 bits per heavy atom. The van der Waals surface area contributed by atoms with Gasteiger partial charge in [0.15, 0.2) is 34.9 Å². The monoisotopic (exact) mass is 919 g/mol. The summed E-state index contributed by atoms with van der Waals surface area (Å²) in [6, 6.07) is 86.4. The summed E-state index contributed by atoms with van der Waals surface area (Å²) in [7, 11) is 0. The molecule has 0 spiro atoms. The summed E-state index contributed by atoms with van der Waals surface area (Å²) in [5, 5.41) is 12.8. The van der Waals surface area contributed by atoms with Gasteiger partial charge in [-0.15, -0.1) is 0 Å². The first-order chi connectivity index (χ1) is 35.6. The molecule has 0 bridgehead atoms. The van der Waals surface area contributed by atoms with Crippen molar-refractivity contribution in [1.82, 2.24) is 29.9 Å². The molecular weight excluding hydrogens is 879 g/mol. The molecule has 0 amide bonds. The number of rotatable bonds is 10. The van der Waals surface area contributed by atoms with Gasteiger partial charge in [-0.1, -0.05) is 243 Å². The van der Waals surface area contributed by atoms with Gasteiger partial charge in [-0.25, -0.2) is 29.9 Å². The molecule has 7 nitrogen and oxygen atoms in total. The number of nitriles is 1. The van der Waals surface area contributed by atoms with E-state index in [0.29, 0.717) is 40.5 Å². The van der Waals surface area contributed by atoms with Crippen LogP contribution in [0.5, 0.6) is 0 Å². The molecule has 0 saturated heterocycles. The normalized spacial score (nSPS) is 11.0. The van der Waals surface area contributed by atoms with Crippen molar-refractivity contribution >= 4 is 10.8 Å². The van der Waals surface area contributed by atoms with Crippen molar-refractivity contribution in [3.05, 3.63) is 254 Å². The molecule has 7 heteroatoms. The van der Waals surface area contributed by atoms with Crippen LogP contribution in [0.4, 0.5) is 0 Å². The zero-order valence-electron chi connectivity index (χ0n) is 38.8. The molecule has 0 N–H and O–H groups in total. The molecule has 0 saturated carbocycles. The molecule has 336 valence electrons. The van der Waals surface area contributed by atoms with E-state index in [4.69, 9.17) is 29.9 Å². The third-order valence-electron chi connectivity index (χ3n) is 12.9. The van der Waals surface area contributed by atoms with Crippen molar-refractivity contribution in [3.63, 3.8) is 0 Å². The average Bonchev–Trinajstić information content (AvgIpc) is 3.47. The summed E-state index contributed by atoms with van der Waals surface area (Å²) in [6.07, 6.45) is 0. The molecule has 2 aromatic heterocycles. The third-order valence-corrected chi connectivity index (χ3v) is 12.9. The van der Waals surface area contributed by atoms with Crippen LogP contribution < -0.4 is 0 Å². The Hall–Kier alpha value is -10.0. The maximum Gasteiger partial charge on any atom is 0.164 e. The molecule has 0 radical (unpaired) electrons. The van der Waals surface area contributed by atoms with E-state index in [0.717, 1.165) is 88.7 Å². The largest absolute Gasteiger partial charge is 0.208 e. The maximum atomic E-state index is 11.0. The average molecular weight is 920 g/mol. The van der Waals surface area contributed by atoms with E-state index >= 15 is 0 Å². The van der Waals surface area contributed by atoms with Crippen molar-refractivity contribution in [2.24, 2.45) is 0 Å². The maximum absolute atomic E-state index is 11.0. The minimum Gasteiger partial charge on any atom is -0.208 e. The number of benzene rings is 10. The second-order valence-corrected chi connectivity index (χ2v) is 17.3. The van der Waals surface area contributed by atoms with Crippen LogP contribution in [0, 0.1) is 11.3 Å². The SMILES string of the molecule is N#Cc1c(-c2ccc(-c3nc(-c4ccccc4)nc(-c4ccccc4-c4ccccc4)n3)cc2)c(-c2ccc(-c3nc(-c4ccccc4)nc(-c4ccccc4-c4ccccc4)n3)cc2)cc2ccccc12. The van der Waals surface area contributed by atoms with E-state index in [1.165, 1.54) is 0 Å². The highest BCUT2D eigenvalue weighted by Gasteiger charge is 2.21. The summed E-state index contributed by atoms with van der Waals surface area (Å²) < 4.78 is 0. The van der Waals surface area contributed by atoms with Gasteiger partial charge in [0.2, 0.25) is 0 Å². The number of hydrogen-bond donors (Lipinski definition) is 0. The highest BCUT2D eigenvalue weighted by atomic mass is 15.0. The lowest BCUT2D eigenvalue weighted by atomic mass is 9.86. The Labute approximate surface area is 417 Å². The van der Waals surface area contributed by atoms with E-state index in [1.807, 2.05) is 152 Å². The molecule has 72 heavy (non-hydrogen) atoms. The highest BCUT2D eigenvalue weighted by Crippen LogP contribution is 2.41. The standard InChI is InChI=1S/C65H41N7/c66-42-58-54-30-14-13-27-51(54)41-57(45-33-37-49(38-34-45)62-67-60(47-23-9-3-10-24-47)69-64(71-62)55-31-17-15-28-52(55)43-19-5-1-6-20-43)59(58)46-35-39-50(40-36-46)63-68-61(48-25-11-4-12-26-48)70-65(72-63)56-32-18-16-29-53(56)44-21-7-2-8-22-44/h1-41H. The van der Waals surface area contributed by atoms with Gasteiger partial charge in [-0.05, 0) is 50.4 Å². The van der Waals surface area contributed by atoms with Gasteiger partial charge in [-0.3, -0.25) is 0 Å². The first kappa shape index (κ1) is 43.3. The van der Waals surface area contributed by atoms with Crippen LogP contribution in [0.25, 0.3) is 124 Å². The number of fused-ring (bicyclic) bond motifs is 1. The second kappa shape index (κ2) is 19.2. The third kappa shape index (κ3) is 8.46. The first-order valence-corrected chi connectivity index (χ1v) is 23.8. The van der Waals surface area contributed by atoms with Gasteiger partial charge in [0.25, 0.3) is 0 Å². The van der Waals surface area contributed by atoms with E-state index in [1.54, 1.807) is 0 Å². The Morgan fingerprint density at radius 3 is 0.986 bits per heavy atom. The van der Waals surface area contributed by atoms with Gasteiger partial charge in [0, 0.05) is 44.3 Å². The minimum atomic E-state index is 0.545. The molecule has 0 aliphatic heterocycles. The molecule has 0 aliphatic rings. The van der Waals surface area contributed by atoms with Crippen LogP contribution >= 0.6 is 0 Å². The van der Waals surface area contributed by atoms with Crippen LogP contribution in [0.15, 0.2) is 249 Å². The smallest absolute Gasteiger partial charge is 0.164 e. The van der Waals surface area contributed by atoms with Gasteiger partial charge < -0.3 is 0 Å². The molecule has 0 fully saturated rings. The van der Waals surface area contributed by atoms with Crippen LogP contribution in [0.3, 0.4) is 0 Å². The molecule has 0 aliphatic carbocycles. The summed E-state index contributed by atoms with van der Waals surface area (Å²) in [6.45, 7) is 0. The Balaban J connectivity index is 0.957. The fourth-order valence-corrected chi connectivity index (χ4v) is 9.35. The topological polar surface area (TPSA) is 101 Å². The fourth-order valence-electron chi connectivity index (χ4n) is 9.35. The summed E-state index contributed by atoms with van der Waals surface area (Å²) >= 11 is 0. The second-order valence-electron chi connectivity index (χ2n) is 17.3. The molecule has 12 rings (SSSR count). The Kier molecular flexibility index (Phi) is 11.5. The predicted molar refractivity (Wildman–Crippen MR) is 290 cm³/mol. The number of nitrogens with zero attached hydrogens (tertiary/aromatic N) is 7. The fraction of sp³-hybridized carbons (Fsp3) is 0. The van der Waals surface area contributed by atoms with Gasteiger partial charge >= 0.3 is 0 Å². The molecule has 12 aromatic rings.